The maximum absolute atomic E-state index is 12.0. The molecule has 108 valence electrons. The van der Waals surface area contributed by atoms with Gasteiger partial charge in [-0.25, -0.2) is 0 Å². The molecule has 0 aliphatic heterocycles. The fourth-order valence-electron chi connectivity index (χ4n) is 1.73. The summed E-state index contributed by atoms with van der Waals surface area (Å²) in [7, 11) is 0. The number of halogens is 3. The largest absolute Gasteiger partial charge is 0.573 e. The van der Waals surface area contributed by atoms with Crippen molar-refractivity contribution >= 4 is 0 Å². The fourth-order valence-corrected chi connectivity index (χ4v) is 1.73. The number of aliphatic hydroxyl groups is 1. The maximum atomic E-state index is 12.0. The average Bonchev–Trinajstić information content (AvgIpc) is 2.29. The number of benzene rings is 1. The zero-order valence-electron chi connectivity index (χ0n) is 11.1. The molecule has 2 nitrogen and oxygen atoms in total. The first-order chi connectivity index (χ1) is 8.78. The van der Waals surface area contributed by atoms with E-state index >= 15 is 0 Å². The summed E-state index contributed by atoms with van der Waals surface area (Å²) in [5.74, 6) is 0.0291. The van der Waals surface area contributed by atoms with E-state index in [0.717, 1.165) is 24.8 Å². The van der Waals surface area contributed by atoms with Gasteiger partial charge in [0.1, 0.15) is 5.75 Å². The van der Waals surface area contributed by atoms with Crippen LogP contribution in [0.15, 0.2) is 24.3 Å². The molecule has 0 radical (unpaired) electrons. The topological polar surface area (TPSA) is 29.5 Å². The Morgan fingerprint density at radius 2 is 1.74 bits per heavy atom. The number of aliphatic hydroxyl groups excluding tert-OH is 1. The van der Waals surface area contributed by atoms with E-state index < -0.39 is 6.36 Å². The van der Waals surface area contributed by atoms with E-state index in [2.05, 4.69) is 4.74 Å². The van der Waals surface area contributed by atoms with Crippen LogP contribution in [0.3, 0.4) is 0 Å². The van der Waals surface area contributed by atoms with E-state index in [1.54, 1.807) is 19.1 Å². The number of hydrogen-bond donors (Lipinski definition) is 1. The van der Waals surface area contributed by atoms with Crippen molar-refractivity contribution in [1.82, 2.24) is 0 Å². The van der Waals surface area contributed by atoms with Crippen molar-refractivity contribution < 1.29 is 23.0 Å². The van der Waals surface area contributed by atoms with Crippen molar-refractivity contribution in [3.8, 4) is 5.75 Å². The minimum atomic E-state index is -4.64. The van der Waals surface area contributed by atoms with Crippen molar-refractivity contribution in [2.24, 2.45) is 5.92 Å². The summed E-state index contributed by atoms with van der Waals surface area (Å²) in [5.41, 5.74) is 0.965. The van der Waals surface area contributed by atoms with Crippen LogP contribution in [-0.2, 0) is 6.42 Å². The molecule has 0 aliphatic rings. The lowest BCUT2D eigenvalue weighted by Crippen LogP contribution is -2.17. The Kier molecular flexibility index (Phi) is 5.66. The molecule has 2 atom stereocenters. The lowest BCUT2D eigenvalue weighted by Gasteiger charge is -2.14. The molecule has 19 heavy (non-hydrogen) atoms. The Balaban J connectivity index is 2.40. The van der Waals surface area contributed by atoms with E-state index in [0.29, 0.717) is 0 Å². The molecule has 0 aliphatic carbocycles. The van der Waals surface area contributed by atoms with Gasteiger partial charge < -0.3 is 9.84 Å². The molecule has 1 N–H and O–H groups in total. The summed E-state index contributed by atoms with van der Waals surface area (Å²) < 4.78 is 39.7. The van der Waals surface area contributed by atoms with Gasteiger partial charge in [0.05, 0.1) is 6.10 Å². The maximum Gasteiger partial charge on any atom is 0.573 e. The van der Waals surface area contributed by atoms with Gasteiger partial charge >= 0.3 is 6.36 Å². The average molecular weight is 276 g/mol. The summed E-state index contributed by atoms with van der Waals surface area (Å²) >= 11 is 0. The van der Waals surface area contributed by atoms with Gasteiger partial charge in [-0.05, 0) is 49.8 Å². The molecule has 0 saturated carbocycles. The molecule has 1 aromatic rings. The van der Waals surface area contributed by atoms with E-state index in [1.165, 1.54) is 12.1 Å². The van der Waals surface area contributed by atoms with Gasteiger partial charge in [-0.2, -0.15) is 0 Å². The molecule has 0 fully saturated rings. The Bertz CT molecular complexity index is 371. The molecule has 0 aromatic heterocycles. The van der Waals surface area contributed by atoms with Gasteiger partial charge in [0, 0.05) is 0 Å². The third-order valence-corrected chi connectivity index (χ3v) is 3.11. The Morgan fingerprint density at radius 1 is 1.16 bits per heavy atom. The highest BCUT2D eigenvalue weighted by molar-refractivity contribution is 5.27. The first-order valence-corrected chi connectivity index (χ1v) is 6.30. The van der Waals surface area contributed by atoms with Crippen LogP contribution in [0.25, 0.3) is 0 Å². The second kappa shape index (κ2) is 6.80. The van der Waals surface area contributed by atoms with Crippen LogP contribution in [0.4, 0.5) is 13.2 Å². The first kappa shape index (κ1) is 15.8. The summed E-state index contributed by atoms with van der Waals surface area (Å²) in [6.45, 7) is 3.73. The zero-order valence-corrected chi connectivity index (χ0v) is 11.1. The highest BCUT2D eigenvalue weighted by atomic mass is 19.4. The zero-order chi connectivity index (χ0) is 14.5. The molecule has 0 unspecified atom stereocenters. The molecular weight excluding hydrogens is 257 g/mol. The molecule has 1 rings (SSSR count). The molecule has 0 amide bonds. The van der Waals surface area contributed by atoms with Crippen LogP contribution in [-0.4, -0.2) is 17.6 Å². The van der Waals surface area contributed by atoms with Gasteiger partial charge in [0.2, 0.25) is 0 Å². The van der Waals surface area contributed by atoms with Gasteiger partial charge in [0.25, 0.3) is 0 Å². The lowest BCUT2D eigenvalue weighted by molar-refractivity contribution is -0.274. The highest BCUT2D eigenvalue weighted by Gasteiger charge is 2.30. The van der Waals surface area contributed by atoms with Crippen molar-refractivity contribution in [2.75, 3.05) is 0 Å². The predicted molar refractivity (Wildman–Crippen MR) is 66.9 cm³/mol. The Labute approximate surface area is 111 Å². The van der Waals surface area contributed by atoms with E-state index in [9.17, 15) is 18.3 Å². The number of alkyl halides is 3. The monoisotopic (exact) mass is 276 g/mol. The summed E-state index contributed by atoms with van der Waals surface area (Å²) in [6.07, 6.45) is -2.41. The third kappa shape index (κ3) is 6.47. The standard InChI is InChI=1S/C14H19F3O2/c1-10(11(2)18)4-3-5-12-6-8-13(9-7-12)19-14(15,16)17/h6-11,18H,3-5H2,1-2H3/t10-,11+/m1/s1. The van der Waals surface area contributed by atoms with E-state index in [4.69, 9.17) is 0 Å². The Hall–Kier alpha value is -1.23. The second-order valence-corrected chi connectivity index (χ2v) is 4.80. The van der Waals surface area contributed by atoms with Crippen molar-refractivity contribution in [3.63, 3.8) is 0 Å². The predicted octanol–water partition coefficient (Wildman–Crippen LogP) is 3.92. The molecular formula is C14H19F3O2. The molecule has 5 heteroatoms. The lowest BCUT2D eigenvalue weighted by atomic mass is 9.97. The smallest absolute Gasteiger partial charge is 0.406 e. The summed E-state index contributed by atoms with van der Waals surface area (Å²) in [4.78, 5) is 0. The van der Waals surface area contributed by atoms with Gasteiger partial charge in [0.15, 0.2) is 0 Å². The normalized spacial score (nSPS) is 15.1. The highest BCUT2D eigenvalue weighted by Crippen LogP contribution is 2.23. The number of ether oxygens (including phenoxy) is 1. The van der Waals surface area contributed by atoms with Crippen LogP contribution >= 0.6 is 0 Å². The quantitative estimate of drug-likeness (QED) is 0.853. The van der Waals surface area contributed by atoms with E-state index in [1.807, 2.05) is 6.92 Å². The van der Waals surface area contributed by atoms with Crippen molar-refractivity contribution in [2.45, 2.75) is 45.6 Å². The number of aryl methyl sites for hydroxylation is 1. The van der Waals surface area contributed by atoms with E-state index in [-0.39, 0.29) is 17.8 Å². The SMILES string of the molecule is C[C@H](O)[C@H](C)CCCc1ccc(OC(F)(F)F)cc1. The fraction of sp³-hybridized carbons (Fsp3) is 0.571. The summed E-state index contributed by atoms with van der Waals surface area (Å²) in [6, 6.07) is 5.91. The van der Waals surface area contributed by atoms with Crippen LogP contribution in [0, 0.1) is 5.92 Å². The van der Waals surface area contributed by atoms with Crippen molar-refractivity contribution in [3.05, 3.63) is 29.8 Å². The minimum absolute atomic E-state index is 0.200. The van der Waals surface area contributed by atoms with Crippen LogP contribution in [0.1, 0.15) is 32.3 Å². The van der Waals surface area contributed by atoms with Crippen LogP contribution in [0.5, 0.6) is 5.75 Å². The molecule has 0 spiro atoms. The van der Waals surface area contributed by atoms with Crippen LogP contribution in [0.2, 0.25) is 0 Å². The Morgan fingerprint density at radius 3 is 2.21 bits per heavy atom. The van der Waals surface area contributed by atoms with Crippen LogP contribution < -0.4 is 4.74 Å². The second-order valence-electron chi connectivity index (χ2n) is 4.80. The molecule has 1 aromatic carbocycles. The molecule has 0 bridgehead atoms. The molecule has 0 saturated heterocycles. The number of hydrogen-bond acceptors (Lipinski definition) is 2. The summed E-state index contributed by atoms with van der Waals surface area (Å²) in [5, 5.41) is 9.34. The number of rotatable bonds is 6. The minimum Gasteiger partial charge on any atom is -0.406 e. The van der Waals surface area contributed by atoms with Gasteiger partial charge in [-0.15, -0.1) is 13.2 Å². The molecule has 0 heterocycles. The van der Waals surface area contributed by atoms with Gasteiger partial charge in [-0.1, -0.05) is 19.1 Å². The first-order valence-electron chi connectivity index (χ1n) is 6.30. The van der Waals surface area contributed by atoms with Crippen molar-refractivity contribution in [1.29, 1.82) is 0 Å². The van der Waals surface area contributed by atoms with Gasteiger partial charge in [-0.3, -0.25) is 0 Å². The third-order valence-electron chi connectivity index (χ3n) is 3.11.